The average Bonchev–Trinajstić information content (AvgIpc) is 3.24. The van der Waals surface area contributed by atoms with Crippen LogP contribution < -0.4 is 0 Å². The van der Waals surface area contributed by atoms with Gasteiger partial charge in [0.05, 0.1) is 12.2 Å². The van der Waals surface area contributed by atoms with Gasteiger partial charge in [-0.1, -0.05) is 0 Å². The third-order valence-corrected chi connectivity index (χ3v) is 5.46. The van der Waals surface area contributed by atoms with E-state index in [2.05, 4.69) is 10.00 Å². The van der Waals surface area contributed by atoms with Crippen LogP contribution in [-0.4, -0.2) is 82.1 Å². The van der Waals surface area contributed by atoms with Crippen LogP contribution in [-0.2, 0) is 16.6 Å². The number of hydrogen-bond acceptors (Lipinski definition) is 4. The van der Waals surface area contributed by atoms with E-state index in [1.165, 1.54) is 0 Å². The predicted molar refractivity (Wildman–Crippen MR) is 101 cm³/mol. The molecule has 0 aromatic carbocycles. The first-order valence-corrected chi connectivity index (χ1v) is 9.43. The van der Waals surface area contributed by atoms with Gasteiger partial charge in [-0.15, -0.1) is 0 Å². The Balaban J connectivity index is 1.49. The van der Waals surface area contributed by atoms with Crippen LogP contribution in [0, 0.1) is 13.8 Å². The Morgan fingerprint density at radius 2 is 1.65 bits per heavy atom. The third kappa shape index (κ3) is 4.15. The standard InChI is InChI=1S/C19H29N5O2/c1-15-17(16(2)21(3)20-15)6-7-18(25)24-12-10-22(11-13-24)14-19(26)23-8-4-5-9-23/h6-7H,4-5,8-14H2,1-3H3/b7-6+. The van der Waals surface area contributed by atoms with Gasteiger partial charge in [0.15, 0.2) is 0 Å². The minimum atomic E-state index is 0.0261. The summed E-state index contributed by atoms with van der Waals surface area (Å²) in [5, 5.41) is 4.37. The smallest absolute Gasteiger partial charge is 0.246 e. The van der Waals surface area contributed by atoms with Gasteiger partial charge in [0.1, 0.15) is 0 Å². The Morgan fingerprint density at radius 1 is 1.00 bits per heavy atom. The second-order valence-electron chi connectivity index (χ2n) is 7.23. The van der Waals surface area contributed by atoms with E-state index < -0.39 is 0 Å². The largest absolute Gasteiger partial charge is 0.342 e. The van der Waals surface area contributed by atoms with Crippen molar-refractivity contribution < 1.29 is 9.59 Å². The number of aromatic nitrogens is 2. The van der Waals surface area contributed by atoms with E-state index in [1.54, 1.807) is 6.08 Å². The normalized spacial score (nSPS) is 18.9. The zero-order chi connectivity index (χ0) is 18.7. The molecule has 0 aliphatic carbocycles. The van der Waals surface area contributed by atoms with Crippen LogP contribution in [0.15, 0.2) is 6.08 Å². The summed E-state index contributed by atoms with van der Waals surface area (Å²) < 4.78 is 1.83. The molecular weight excluding hydrogens is 330 g/mol. The molecule has 0 bridgehead atoms. The first kappa shape index (κ1) is 18.6. The molecule has 2 aliphatic heterocycles. The number of rotatable bonds is 4. The van der Waals surface area contributed by atoms with Gasteiger partial charge in [0, 0.05) is 63.6 Å². The average molecular weight is 359 g/mol. The lowest BCUT2D eigenvalue weighted by molar-refractivity contribution is -0.132. The highest BCUT2D eigenvalue weighted by molar-refractivity contribution is 5.92. The molecule has 0 radical (unpaired) electrons. The van der Waals surface area contributed by atoms with Crippen LogP contribution in [0.4, 0.5) is 0 Å². The highest BCUT2D eigenvalue weighted by atomic mass is 16.2. The second-order valence-corrected chi connectivity index (χ2v) is 7.23. The molecule has 2 amide bonds. The number of hydrogen-bond donors (Lipinski definition) is 0. The van der Waals surface area contributed by atoms with E-state index in [0.717, 1.165) is 56.0 Å². The molecule has 0 spiro atoms. The van der Waals surface area contributed by atoms with Crippen molar-refractivity contribution in [2.24, 2.45) is 7.05 Å². The van der Waals surface area contributed by atoms with Crippen LogP contribution in [0.25, 0.3) is 6.08 Å². The Labute approximate surface area is 155 Å². The molecule has 7 nitrogen and oxygen atoms in total. The van der Waals surface area contributed by atoms with Gasteiger partial charge in [-0.2, -0.15) is 5.10 Å². The highest BCUT2D eigenvalue weighted by Crippen LogP contribution is 2.14. The van der Waals surface area contributed by atoms with E-state index in [9.17, 15) is 9.59 Å². The maximum Gasteiger partial charge on any atom is 0.246 e. The Morgan fingerprint density at radius 3 is 2.23 bits per heavy atom. The molecule has 0 N–H and O–H groups in total. The maximum atomic E-state index is 12.5. The van der Waals surface area contributed by atoms with Crippen LogP contribution >= 0.6 is 0 Å². The van der Waals surface area contributed by atoms with Gasteiger partial charge in [0.2, 0.25) is 11.8 Å². The van der Waals surface area contributed by atoms with Crippen LogP contribution in [0.2, 0.25) is 0 Å². The van der Waals surface area contributed by atoms with E-state index in [1.807, 2.05) is 41.5 Å². The van der Waals surface area contributed by atoms with Gasteiger partial charge in [-0.05, 0) is 32.8 Å². The van der Waals surface area contributed by atoms with Crippen molar-refractivity contribution in [2.45, 2.75) is 26.7 Å². The molecule has 0 atom stereocenters. The fourth-order valence-electron chi connectivity index (χ4n) is 3.68. The number of piperazine rings is 1. The fraction of sp³-hybridized carbons (Fsp3) is 0.632. The molecule has 2 saturated heterocycles. The summed E-state index contributed by atoms with van der Waals surface area (Å²) in [6.07, 6.45) is 5.75. The van der Waals surface area contributed by atoms with Crippen molar-refractivity contribution >= 4 is 17.9 Å². The number of aryl methyl sites for hydroxylation is 2. The Hall–Kier alpha value is -2.15. The minimum absolute atomic E-state index is 0.0261. The van der Waals surface area contributed by atoms with Gasteiger partial charge < -0.3 is 9.80 Å². The SMILES string of the molecule is Cc1nn(C)c(C)c1/C=C/C(=O)N1CCN(CC(=O)N2CCCC2)CC1. The molecule has 3 rings (SSSR count). The Bertz CT molecular complexity index is 695. The number of likely N-dealkylation sites (tertiary alicyclic amines) is 1. The number of carbonyl (C=O) groups excluding carboxylic acids is 2. The summed E-state index contributed by atoms with van der Waals surface area (Å²) in [7, 11) is 1.91. The van der Waals surface area contributed by atoms with Crippen molar-refractivity contribution in [3.8, 4) is 0 Å². The monoisotopic (exact) mass is 359 g/mol. The molecular formula is C19H29N5O2. The summed E-state index contributed by atoms with van der Waals surface area (Å²) >= 11 is 0. The second kappa shape index (κ2) is 8.03. The number of nitrogens with zero attached hydrogens (tertiary/aromatic N) is 5. The summed E-state index contributed by atoms with van der Waals surface area (Å²) in [5.41, 5.74) is 2.99. The molecule has 1 aromatic heterocycles. The summed E-state index contributed by atoms with van der Waals surface area (Å²) in [5.74, 6) is 0.253. The van der Waals surface area contributed by atoms with Gasteiger partial charge in [-0.25, -0.2) is 0 Å². The minimum Gasteiger partial charge on any atom is -0.342 e. The molecule has 2 aliphatic rings. The van der Waals surface area contributed by atoms with Crippen LogP contribution in [0.3, 0.4) is 0 Å². The van der Waals surface area contributed by atoms with E-state index in [-0.39, 0.29) is 11.8 Å². The lowest BCUT2D eigenvalue weighted by Gasteiger charge is -2.34. The first-order chi connectivity index (χ1) is 12.5. The lowest BCUT2D eigenvalue weighted by Crippen LogP contribution is -2.51. The summed E-state index contributed by atoms with van der Waals surface area (Å²) in [6.45, 7) is 9.07. The quantitative estimate of drug-likeness (QED) is 0.747. The van der Waals surface area contributed by atoms with Gasteiger partial charge in [-0.3, -0.25) is 19.2 Å². The van der Waals surface area contributed by atoms with E-state index >= 15 is 0 Å². The molecule has 0 unspecified atom stereocenters. The maximum absolute atomic E-state index is 12.5. The van der Waals surface area contributed by atoms with Crippen LogP contribution in [0.1, 0.15) is 29.8 Å². The van der Waals surface area contributed by atoms with Crippen molar-refractivity contribution in [3.63, 3.8) is 0 Å². The molecule has 7 heteroatoms. The zero-order valence-electron chi connectivity index (χ0n) is 16.1. The molecule has 1 aromatic rings. The summed E-state index contributed by atoms with van der Waals surface area (Å²) in [6, 6.07) is 0. The van der Waals surface area contributed by atoms with Crippen molar-refractivity contribution in [2.75, 3.05) is 45.8 Å². The van der Waals surface area contributed by atoms with Gasteiger partial charge in [0.25, 0.3) is 0 Å². The lowest BCUT2D eigenvalue weighted by atomic mass is 10.2. The molecule has 3 heterocycles. The van der Waals surface area contributed by atoms with E-state index in [4.69, 9.17) is 0 Å². The molecule has 26 heavy (non-hydrogen) atoms. The highest BCUT2D eigenvalue weighted by Gasteiger charge is 2.24. The van der Waals surface area contributed by atoms with Crippen LogP contribution in [0.5, 0.6) is 0 Å². The zero-order valence-corrected chi connectivity index (χ0v) is 16.1. The summed E-state index contributed by atoms with van der Waals surface area (Å²) in [4.78, 5) is 30.7. The van der Waals surface area contributed by atoms with Crippen molar-refractivity contribution in [1.29, 1.82) is 0 Å². The molecule has 142 valence electrons. The van der Waals surface area contributed by atoms with Crippen molar-refractivity contribution in [3.05, 3.63) is 23.0 Å². The number of amides is 2. The first-order valence-electron chi connectivity index (χ1n) is 9.43. The topological polar surface area (TPSA) is 61.7 Å². The predicted octanol–water partition coefficient (Wildman–Crippen LogP) is 0.817. The fourth-order valence-corrected chi connectivity index (χ4v) is 3.68. The molecule has 2 fully saturated rings. The molecule has 0 saturated carbocycles. The van der Waals surface area contributed by atoms with Crippen molar-refractivity contribution in [1.82, 2.24) is 24.5 Å². The number of carbonyl (C=O) groups is 2. The third-order valence-electron chi connectivity index (χ3n) is 5.46. The Kier molecular flexibility index (Phi) is 5.76. The van der Waals surface area contributed by atoms with Gasteiger partial charge >= 0.3 is 0 Å². The van der Waals surface area contributed by atoms with E-state index in [0.29, 0.717) is 19.6 Å².